The van der Waals surface area contributed by atoms with Gasteiger partial charge in [-0.05, 0) is 133 Å². The number of pyridine rings is 3. The minimum absolute atomic E-state index is 0.0690. The van der Waals surface area contributed by atoms with Crippen molar-refractivity contribution in [2.24, 2.45) is 0 Å². The Kier molecular flexibility index (Phi) is 21.3. The Hall–Kier alpha value is -15.3. The Bertz CT molecular complexity index is 6430. The summed E-state index contributed by atoms with van der Waals surface area (Å²) in [6, 6.07) is 52.9. The lowest BCUT2D eigenvalue weighted by atomic mass is 10.1. The van der Waals surface area contributed by atoms with Gasteiger partial charge in [-0.15, -0.1) is 0 Å². The number of phenolic OH excluding ortho intramolecular Hbond substituents is 1. The van der Waals surface area contributed by atoms with Crippen molar-refractivity contribution in [3.8, 4) is 114 Å². The summed E-state index contributed by atoms with van der Waals surface area (Å²) in [5.41, 5.74) is 7.79. The van der Waals surface area contributed by atoms with E-state index in [0.29, 0.717) is 156 Å². The number of carbonyl (C=O) groups excluding carboxylic acids is 1. The van der Waals surface area contributed by atoms with Gasteiger partial charge in [0.15, 0.2) is 46.0 Å². The number of fused-ring (bicyclic) bond motifs is 8. The highest BCUT2D eigenvalue weighted by Crippen LogP contribution is 2.45. The van der Waals surface area contributed by atoms with Crippen LogP contribution in [-0.4, -0.2) is 138 Å². The molecule has 29 nitrogen and oxygen atoms in total. The fourth-order valence-corrected chi connectivity index (χ4v) is 13.6. The number of halogens is 4. The predicted molar refractivity (Wildman–Crippen MR) is 434 cm³/mol. The van der Waals surface area contributed by atoms with Gasteiger partial charge in [0.25, 0.3) is 0 Å². The molecule has 20 rings (SSSR count). The molecule has 9 aromatic heterocycles. The quantitative estimate of drug-likeness (QED) is 0.0520. The van der Waals surface area contributed by atoms with Crippen molar-refractivity contribution >= 4 is 86.5 Å². The van der Waals surface area contributed by atoms with E-state index in [1.165, 1.54) is 44.7 Å². The Labute approximate surface area is 673 Å². The first-order valence-electron chi connectivity index (χ1n) is 36.7. The number of carbonyl (C=O) groups is 1. The number of anilines is 8. The summed E-state index contributed by atoms with van der Waals surface area (Å²) in [6.45, 7) is 4.06. The summed E-state index contributed by atoms with van der Waals surface area (Å²) in [5.74, 6) is 8.44. The molecule has 0 bridgehead atoms. The minimum atomic E-state index is -0.576. The molecule has 0 spiro atoms. The van der Waals surface area contributed by atoms with Crippen molar-refractivity contribution in [3.63, 3.8) is 0 Å². The molecule has 0 fully saturated rings. The van der Waals surface area contributed by atoms with E-state index in [-0.39, 0.29) is 33.4 Å². The zero-order valence-electron chi connectivity index (χ0n) is 62.8. The van der Waals surface area contributed by atoms with Gasteiger partial charge in [-0.25, -0.2) is 52.9 Å². The Morgan fingerprint density at radius 2 is 0.915 bits per heavy atom. The van der Waals surface area contributed by atoms with Crippen LogP contribution in [0.3, 0.4) is 0 Å². The fraction of sp³-hybridized carbons (Fsp3) is 0.129. The van der Waals surface area contributed by atoms with Crippen LogP contribution in [0.1, 0.15) is 0 Å². The molecule has 118 heavy (non-hydrogen) atoms. The molecule has 594 valence electrons. The molecule has 2 amide bonds. The number of hydrogen-bond donors (Lipinski definition) is 6. The lowest BCUT2D eigenvalue weighted by molar-refractivity contribution is 0.171. The van der Waals surface area contributed by atoms with E-state index in [4.69, 9.17) is 63.7 Å². The van der Waals surface area contributed by atoms with Gasteiger partial charge in [0.2, 0.25) is 23.4 Å². The van der Waals surface area contributed by atoms with Crippen molar-refractivity contribution in [3.05, 3.63) is 248 Å². The van der Waals surface area contributed by atoms with Gasteiger partial charge in [-0.3, -0.25) is 18.5 Å². The zero-order chi connectivity index (χ0) is 80.8. The van der Waals surface area contributed by atoms with E-state index < -0.39 is 23.6 Å². The second-order valence-electron chi connectivity index (χ2n) is 26.1. The van der Waals surface area contributed by atoms with Gasteiger partial charge < -0.3 is 78.5 Å². The van der Waals surface area contributed by atoms with Crippen LogP contribution in [0.5, 0.6) is 69.1 Å². The molecule has 4 aliphatic heterocycles. The molecular weight excluding hydrogens is 1550 g/mol. The van der Waals surface area contributed by atoms with Crippen LogP contribution in [0, 0.1) is 17.6 Å². The van der Waals surface area contributed by atoms with Crippen molar-refractivity contribution in [1.29, 1.82) is 0 Å². The molecule has 33 heteroatoms. The van der Waals surface area contributed by atoms with Gasteiger partial charge in [0.1, 0.15) is 139 Å². The Morgan fingerprint density at radius 1 is 0.424 bits per heavy atom. The molecule has 4 aliphatic rings. The molecule has 7 aromatic carbocycles. The second kappa shape index (κ2) is 33.4. The Morgan fingerprint density at radius 3 is 1.47 bits per heavy atom. The number of amides is 2. The lowest BCUT2D eigenvalue weighted by Crippen LogP contribution is -2.21. The number of nitrogens with one attached hydrogen (secondary N) is 5. The SMILES string of the molecule is COc1cc(O)ccc1-c1nc2ncccn2c1Nc1ccc2c(c1)OCCO2.COc1cccc(F)c1-c1nc2ncccn2c1Nc1ccc2c(c1)OCCO2.COc1cccc2nc(-c3c(F)cccc3Cl)c(NC(=O)Nc3ccc4c(c3)OCCO4)n12.Fc1ccc(-c2nc3ccccn3c2Nc2ccc3c(c2)OCCO3)cn1. The van der Waals surface area contributed by atoms with E-state index in [0.717, 1.165) is 51.2 Å². The van der Waals surface area contributed by atoms with Crippen molar-refractivity contribution in [2.75, 3.05) is 101 Å². The molecule has 0 unspecified atom stereocenters. The van der Waals surface area contributed by atoms with Gasteiger partial charge in [0, 0.05) is 101 Å². The number of urea groups is 1. The molecule has 0 saturated heterocycles. The third-order valence-electron chi connectivity index (χ3n) is 18.7. The summed E-state index contributed by atoms with van der Waals surface area (Å²) in [5, 5.41) is 25.6. The maximum Gasteiger partial charge on any atom is 0.324 e. The van der Waals surface area contributed by atoms with E-state index >= 15 is 0 Å². The maximum absolute atomic E-state index is 14.8. The van der Waals surface area contributed by atoms with Crippen LogP contribution < -0.4 is 78.7 Å². The fourth-order valence-electron chi connectivity index (χ4n) is 13.4. The molecule has 16 aromatic rings. The molecule has 0 aliphatic carbocycles. The number of phenols is 1. The largest absolute Gasteiger partial charge is 0.508 e. The van der Waals surface area contributed by atoms with Crippen molar-refractivity contribution in [1.82, 2.24) is 52.5 Å². The number of rotatable bonds is 15. The molecule has 0 saturated carbocycles. The number of aromatic hydroxyl groups is 1. The van der Waals surface area contributed by atoms with Crippen LogP contribution in [0.25, 0.3) is 67.9 Å². The first-order valence-corrected chi connectivity index (χ1v) is 37.1. The molecular formula is C85H68ClF3N16O13. The highest BCUT2D eigenvalue weighted by molar-refractivity contribution is 6.33. The number of nitrogens with zero attached hydrogens (tertiary/aromatic N) is 11. The molecule has 6 N–H and O–H groups in total. The highest BCUT2D eigenvalue weighted by atomic mass is 35.5. The third kappa shape index (κ3) is 15.7. The summed E-state index contributed by atoms with van der Waals surface area (Å²) in [4.78, 5) is 43.7. The first kappa shape index (κ1) is 75.4. The van der Waals surface area contributed by atoms with Gasteiger partial charge in [0.05, 0.1) is 37.5 Å². The lowest BCUT2D eigenvalue weighted by Gasteiger charge is -2.19. The standard InChI is InChI=1S/C23H18ClFN4O4.C21H17FN4O3.C21H18N4O4.C20H15FN4O2/c1-31-19-7-3-6-18-27-21(20-14(24)4-2-5-15(20)25)22(29(18)19)28-23(30)26-13-8-9-16-17(12-13)33-11-10-32-16;1-27-16-5-2-4-14(22)18(16)19-20(26-9-3-8-23-21(26)25-19)24-13-6-7-15-17(12-13)29-11-10-28-15;1-27-17-12-14(26)4-5-15(17)19-20(25-8-2-7-22-21(25)24-19)23-13-3-6-16-18(11-13)29-10-9-28-16;21-17-7-4-13(12-22-17)19-20(25-8-2-1-3-18(25)24-19)23-14-5-6-15-16(11-14)27-10-9-26-15/h2-9,12H,10-11H2,1H3,(H2,26,28,30);2-9,12,24H,10-11H2,1H3;2-8,11-12,23,26H,9-10H2,1H3;1-8,11-12,23H,9-10H2. The topological polar surface area (TPSA) is 307 Å². The monoisotopic (exact) mass is 1610 g/mol. The number of methoxy groups -OCH3 is 3. The molecule has 0 radical (unpaired) electrons. The zero-order valence-corrected chi connectivity index (χ0v) is 63.6. The van der Waals surface area contributed by atoms with Crippen molar-refractivity contribution < 1.29 is 75.2 Å². The molecule has 0 atom stereocenters. The van der Waals surface area contributed by atoms with Crippen molar-refractivity contribution in [2.45, 2.75) is 0 Å². The van der Waals surface area contributed by atoms with Gasteiger partial charge in [-0.1, -0.05) is 35.9 Å². The van der Waals surface area contributed by atoms with Gasteiger partial charge in [-0.2, -0.15) is 4.39 Å². The first-order chi connectivity index (χ1) is 57.8. The third-order valence-corrected chi connectivity index (χ3v) is 19.0. The number of hydrogen-bond acceptors (Lipinski definition) is 23. The maximum atomic E-state index is 14.8. The normalized spacial score (nSPS) is 12.7. The Balaban J connectivity index is 0.000000113. The number of imidazole rings is 4. The van der Waals surface area contributed by atoms with Crippen LogP contribution in [0.2, 0.25) is 5.02 Å². The predicted octanol–water partition coefficient (Wildman–Crippen LogP) is 17.0. The number of benzene rings is 7. The smallest absolute Gasteiger partial charge is 0.324 e. The molecule has 13 heterocycles. The van der Waals surface area contributed by atoms with Gasteiger partial charge >= 0.3 is 6.03 Å². The van der Waals surface area contributed by atoms with E-state index in [1.54, 1.807) is 113 Å². The van der Waals surface area contributed by atoms with E-state index in [2.05, 4.69) is 61.5 Å². The summed E-state index contributed by atoms with van der Waals surface area (Å²) in [7, 11) is 4.55. The summed E-state index contributed by atoms with van der Waals surface area (Å²) >= 11 is 6.30. The van der Waals surface area contributed by atoms with Crippen LogP contribution >= 0.6 is 11.6 Å². The summed E-state index contributed by atoms with van der Waals surface area (Å²) < 4.78 is 111. The number of ether oxygens (including phenoxy) is 11. The summed E-state index contributed by atoms with van der Waals surface area (Å²) in [6.07, 6.45) is 10.4. The van der Waals surface area contributed by atoms with Crippen LogP contribution in [0.15, 0.2) is 225 Å². The average molecular weight is 1610 g/mol. The second-order valence-corrected chi connectivity index (χ2v) is 26.5. The van der Waals surface area contributed by atoms with E-state index in [9.17, 15) is 23.1 Å². The minimum Gasteiger partial charge on any atom is -0.508 e. The highest BCUT2D eigenvalue weighted by Gasteiger charge is 2.28. The average Bonchev–Trinajstić information content (AvgIpc) is 1.64. The van der Waals surface area contributed by atoms with Crippen LogP contribution in [0.4, 0.5) is 64.0 Å². The van der Waals surface area contributed by atoms with E-state index in [1.807, 2.05) is 106 Å². The number of aromatic nitrogens is 11. The van der Waals surface area contributed by atoms with Crippen LogP contribution in [-0.2, 0) is 0 Å².